The van der Waals surface area contributed by atoms with Crippen molar-refractivity contribution in [2.24, 2.45) is 0 Å². The number of hydrogen-bond donors (Lipinski definition) is 2. The standard InChI is InChI=1S/C19H20N4OS/c1-12-9-13(2)11-16(10-12)21-18(24)17(15-7-5-4-6-8-15)25-19-20-14(3)22-23-19/h4-11,17H,1-3H3,(H,21,24)(H,20,22,23). The van der Waals surface area contributed by atoms with Crippen molar-refractivity contribution in [2.45, 2.75) is 31.2 Å². The number of nitrogens with one attached hydrogen (secondary N) is 2. The molecule has 3 aromatic rings. The van der Waals surface area contributed by atoms with E-state index in [0.29, 0.717) is 5.16 Å². The van der Waals surface area contributed by atoms with E-state index in [2.05, 4.69) is 26.6 Å². The number of H-pyrrole nitrogens is 1. The van der Waals surface area contributed by atoms with Gasteiger partial charge in [-0.2, -0.15) is 0 Å². The number of aryl methyl sites for hydroxylation is 3. The molecule has 2 aromatic carbocycles. The number of carbonyl (C=O) groups excluding carboxylic acids is 1. The van der Waals surface area contributed by atoms with E-state index in [0.717, 1.165) is 28.2 Å². The predicted molar refractivity (Wildman–Crippen MR) is 101 cm³/mol. The van der Waals surface area contributed by atoms with E-state index in [-0.39, 0.29) is 5.91 Å². The average Bonchev–Trinajstić information content (AvgIpc) is 2.97. The zero-order chi connectivity index (χ0) is 17.8. The number of carbonyl (C=O) groups is 1. The summed E-state index contributed by atoms with van der Waals surface area (Å²) in [7, 11) is 0. The summed E-state index contributed by atoms with van der Waals surface area (Å²) in [5.74, 6) is 0.632. The number of amides is 1. The Morgan fingerprint density at radius 2 is 1.76 bits per heavy atom. The second-order valence-electron chi connectivity index (χ2n) is 5.98. The molecule has 0 aliphatic carbocycles. The molecular weight excluding hydrogens is 332 g/mol. The van der Waals surface area contributed by atoms with Crippen LogP contribution in [0.1, 0.15) is 27.8 Å². The highest BCUT2D eigenvalue weighted by atomic mass is 32.2. The Bertz CT molecular complexity index is 856. The normalized spacial score (nSPS) is 12.0. The molecule has 1 heterocycles. The molecule has 0 saturated carbocycles. The maximum Gasteiger partial charge on any atom is 0.242 e. The molecule has 1 amide bonds. The first kappa shape index (κ1) is 17.2. The first-order valence-corrected chi connectivity index (χ1v) is 8.89. The molecule has 0 saturated heterocycles. The molecule has 2 N–H and O–H groups in total. The minimum atomic E-state index is -0.433. The Hall–Kier alpha value is -2.60. The summed E-state index contributed by atoms with van der Waals surface area (Å²) in [4.78, 5) is 17.3. The van der Waals surface area contributed by atoms with Crippen LogP contribution < -0.4 is 5.32 Å². The molecule has 0 bridgehead atoms. The van der Waals surface area contributed by atoms with Crippen molar-refractivity contribution in [3.8, 4) is 0 Å². The second-order valence-corrected chi connectivity index (χ2v) is 7.05. The van der Waals surface area contributed by atoms with E-state index >= 15 is 0 Å². The number of nitrogens with zero attached hydrogens (tertiary/aromatic N) is 2. The van der Waals surface area contributed by atoms with Crippen molar-refractivity contribution in [3.63, 3.8) is 0 Å². The lowest BCUT2D eigenvalue weighted by atomic mass is 10.1. The Labute approximate surface area is 151 Å². The molecule has 1 atom stereocenters. The van der Waals surface area contributed by atoms with Gasteiger partial charge in [0.15, 0.2) is 0 Å². The molecule has 25 heavy (non-hydrogen) atoms. The monoisotopic (exact) mass is 352 g/mol. The topological polar surface area (TPSA) is 70.7 Å². The number of aromatic amines is 1. The summed E-state index contributed by atoms with van der Waals surface area (Å²) in [6.07, 6.45) is 0. The highest BCUT2D eigenvalue weighted by Gasteiger charge is 2.24. The third kappa shape index (κ3) is 4.48. The molecule has 6 heteroatoms. The molecule has 1 aromatic heterocycles. The van der Waals surface area contributed by atoms with Crippen molar-refractivity contribution in [3.05, 3.63) is 71.0 Å². The van der Waals surface area contributed by atoms with Crippen LogP contribution in [0.15, 0.2) is 53.7 Å². The molecule has 1 unspecified atom stereocenters. The van der Waals surface area contributed by atoms with Gasteiger partial charge in [0.1, 0.15) is 11.1 Å². The van der Waals surface area contributed by atoms with Crippen LogP contribution in [0.5, 0.6) is 0 Å². The molecule has 0 spiro atoms. The van der Waals surface area contributed by atoms with Gasteiger partial charge in [0.25, 0.3) is 0 Å². The molecular formula is C19H20N4OS. The molecule has 128 valence electrons. The van der Waals surface area contributed by atoms with Gasteiger partial charge in [0.2, 0.25) is 11.1 Å². The van der Waals surface area contributed by atoms with E-state index in [1.165, 1.54) is 11.8 Å². The number of aromatic nitrogens is 3. The SMILES string of the molecule is Cc1cc(C)cc(NC(=O)C(Sc2n[nH]c(C)n2)c2ccccc2)c1. The van der Waals surface area contributed by atoms with Gasteiger partial charge in [-0.05, 0) is 49.6 Å². The number of benzene rings is 2. The Kier molecular flexibility index (Phi) is 5.19. The highest BCUT2D eigenvalue weighted by molar-refractivity contribution is 8.00. The molecule has 0 aliphatic heterocycles. The average molecular weight is 352 g/mol. The lowest BCUT2D eigenvalue weighted by Gasteiger charge is -2.16. The Balaban J connectivity index is 1.86. The molecule has 5 nitrogen and oxygen atoms in total. The maximum absolute atomic E-state index is 12.9. The number of rotatable bonds is 5. The fraction of sp³-hybridized carbons (Fsp3) is 0.211. The zero-order valence-corrected chi connectivity index (χ0v) is 15.2. The fourth-order valence-electron chi connectivity index (χ4n) is 2.64. The Morgan fingerprint density at radius 3 is 2.36 bits per heavy atom. The number of anilines is 1. The van der Waals surface area contributed by atoms with Gasteiger partial charge in [-0.15, -0.1) is 5.10 Å². The van der Waals surface area contributed by atoms with Crippen molar-refractivity contribution in [2.75, 3.05) is 5.32 Å². The third-order valence-corrected chi connectivity index (χ3v) is 4.74. The molecule has 3 rings (SSSR count). The van der Waals surface area contributed by atoms with Gasteiger partial charge in [-0.3, -0.25) is 9.89 Å². The smallest absolute Gasteiger partial charge is 0.242 e. The minimum Gasteiger partial charge on any atom is -0.325 e. The van der Waals surface area contributed by atoms with Crippen molar-refractivity contribution in [1.29, 1.82) is 0 Å². The van der Waals surface area contributed by atoms with E-state index < -0.39 is 5.25 Å². The highest BCUT2D eigenvalue weighted by Crippen LogP contribution is 2.34. The van der Waals surface area contributed by atoms with Crippen LogP contribution in [0.4, 0.5) is 5.69 Å². The Morgan fingerprint density at radius 1 is 1.08 bits per heavy atom. The zero-order valence-electron chi connectivity index (χ0n) is 14.4. The third-order valence-electron chi connectivity index (χ3n) is 3.63. The van der Waals surface area contributed by atoms with Gasteiger partial charge in [0, 0.05) is 5.69 Å². The van der Waals surface area contributed by atoms with Crippen LogP contribution in [-0.4, -0.2) is 21.1 Å². The van der Waals surface area contributed by atoms with Crippen LogP contribution in [0, 0.1) is 20.8 Å². The maximum atomic E-state index is 12.9. The van der Waals surface area contributed by atoms with Gasteiger partial charge >= 0.3 is 0 Å². The van der Waals surface area contributed by atoms with E-state index in [1.807, 2.05) is 63.2 Å². The lowest BCUT2D eigenvalue weighted by Crippen LogP contribution is -2.19. The quantitative estimate of drug-likeness (QED) is 0.675. The number of hydrogen-bond acceptors (Lipinski definition) is 4. The van der Waals surface area contributed by atoms with Crippen LogP contribution in [-0.2, 0) is 4.79 Å². The van der Waals surface area contributed by atoms with Crippen molar-refractivity contribution < 1.29 is 4.79 Å². The first-order chi connectivity index (χ1) is 12.0. The van der Waals surface area contributed by atoms with Gasteiger partial charge in [-0.25, -0.2) is 4.98 Å². The van der Waals surface area contributed by atoms with E-state index in [4.69, 9.17) is 0 Å². The minimum absolute atomic E-state index is 0.0938. The van der Waals surface area contributed by atoms with E-state index in [9.17, 15) is 4.79 Å². The summed E-state index contributed by atoms with van der Waals surface area (Å²) in [5.41, 5.74) is 3.94. The molecule has 0 radical (unpaired) electrons. The van der Waals surface area contributed by atoms with Crippen molar-refractivity contribution >= 4 is 23.4 Å². The fourth-order valence-corrected chi connectivity index (χ4v) is 3.59. The summed E-state index contributed by atoms with van der Waals surface area (Å²) < 4.78 is 0. The summed E-state index contributed by atoms with van der Waals surface area (Å²) in [5, 5.41) is 10.1. The van der Waals surface area contributed by atoms with Crippen LogP contribution in [0.2, 0.25) is 0 Å². The van der Waals surface area contributed by atoms with Crippen LogP contribution >= 0.6 is 11.8 Å². The number of thioether (sulfide) groups is 1. The summed E-state index contributed by atoms with van der Waals surface area (Å²) in [6.45, 7) is 5.87. The van der Waals surface area contributed by atoms with Gasteiger partial charge < -0.3 is 5.32 Å². The molecule has 0 fully saturated rings. The van der Waals surface area contributed by atoms with Gasteiger partial charge in [-0.1, -0.05) is 48.2 Å². The van der Waals surface area contributed by atoms with Crippen LogP contribution in [0.25, 0.3) is 0 Å². The summed E-state index contributed by atoms with van der Waals surface area (Å²) >= 11 is 1.33. The molecule has 0 aliphatic rings. The lowest BCUT2D eigenvalue weighted by molar-refractivity contribution is -0.115. The van der Waals surface area contributed by atoms with Crippen LogP contribution in [0.3, 0.4) is 0 Å². The van der Waals surface area contributed by atoms with E-state index in [1.54, 1.807) is 0 Å². The largest absolute Gasteiger partial charge is 0.325 e. The summed E-state index contributed by atoms with van der Waals surface area (Å²) in [6, 6.07) is 15.7. The van der Waals surface area contributed by atoms with Crippen molar-refractivity contribution in [1.82, 2.24) is 15.2 Å². The first-order valence-electron chi connectivity index (χ1n) is 8.01. The second kappa shape index (κ2) is 7.53. The van der Waals surface area contributed by atoms with Gasteiger partial charge in [0.05, 0.1) is 0 Å². The predicted octanol–water partition coefficient (Wildman–Crippen LogP) is 4.20.